The van der Waals surface area contributed by atoms with Crippen LogP contribution in [0.25, 0.3) is 0 Å². The van der Waals surface area contributed by atoms with Gasteiger partial charge in [0, 0.05) is 6.54 Å². The second-order valence-electron chi connectivity index (χ2n) is 2.82. The average Bonchev–Trinajstić information content (AvgIpc) is 2.49. The highest BCUT2D eigenvalue weighted by Crippen LogP contribution is 2.19. The number of fused-ring (bicyclic) bond motifs is 1. The fraction of sp³-hybridized carbons (Fsp3) is 0.375. The van der Waals surface area contributed by atoms with Crippen molar-refractivity contribution < 1.29 is 14.3 Å². The van der Waals surface area contributed by atoms with Crippen molar-refractivity contribution in [1.29, 1.82) is 0 Å². The fourth-order valence-electron chi connectivity index (χ4n) is 1.40. The van der Waals surface area contributed by atoms with Crippen LogP contribution < -0.4 is 0 Å². The fourth-order valence-corrected chi connectivity index (χ4v) is 1.40. The lowest BCUT2D eigenvalue weighted by molar-refractivity contribution is 0.135. The molecule has 0 fully saturated rings. The summed E-state index contributed by atoms with van der Waals surface area (Å²) in [7, 11) is 0. The van der Waals surface area contributed by atoms with Gasteiger partial charge in [-0.1, -0.05) is 0 Å². The Morgan fingerprint density at radius 2 is 2.50 bits per heavy atom. The molecule has 0 radical (unpaired) electrons. The Labute approximate surface area is 69.4 Å². The Bertz CT molecular complexity index is 305. The molecule has 1 amide bonds. The van der Waals surface area contributed by atoms with Crippen LogP contribution in [-0.2, 0) is 13.0 Å². The summed E-state index contributed by atoms with van der Waals surface area (Å²) in [5.74, 6) is 0.781. The van der Waals surface area contributed by atoms with Gasteiger partial charge in [0.15, 0.2) is 0 Å². The molecular weight excluding hydrogens is 158 g/mol. The normalized spacial score (nSPS) is 15.8. The molecule has 1 aliphatic heterocycles. The first kappa shape index (κ1) is 7.21. The van der Waals surface area contributed by atoms with Gasteiger partial charge in [-0.15, -0.1) is 0 Å². The molecule has 0 spiro atoms. The van der Waals surface area contributed by atoms with Crippen LogP contribution in [0.3, 0.4) is 0 Å². The van der Waals surface area contributed by atoms with Crippen molar-refractivity contribution in [2.45, 2.75) is 13.0 Å². The van der Waals surface area contributed by atoms with Gasteiger partial charge in [-0.05, 0) is 18.1 Å². The van der Waals surface area contributed by atoms with Crippen LogP contribution in [-0.4, -0.2) is 22.6 Å². The second-order valence-corrected chi connectivity index (χ2v) is 2.82. The Morgan fingerprint density at radius 3 is 3.25 bits per heavy atom. The molecule has 4 heteroatoms. The summed E-state index contributed by atoms with van der Waals surface area (Å²) in [6.45, 7) is 0.958. The van der Waals surface area contributed by atoms with Gasteiger partial charge in [0.2, 0.25) is 0 Å². The monoisotopic (exact) mass is 167 g/mol. The van der Waals surface area contributed by atoms with Crippen molar-refractivity contribution in [2.75, 3.05) is 6.54 Å². The minimum atomic E-state index is -0.878. The lowest BCUT2D eigenvalue weighted by Crippen LogP contribution is -2.34. The van der Waals surface area contributed by atoms with Crippen molar-refractivity contribution in [1.82, 2.24) is 4.90 Å². The van der Waals surface area contributed by atoms with Crippen LogP contribution in [0.2, 0.25) is 0 Å². The molecule has 0 aliphatic carbocycles. The molecule has 1 aromatic rings. The van der Waals surface area contributed by atoms with Crippen molar-refractivity contribution in [3.63, 3.8) is 0 Å². The van der Waals surface area contributed by atoms with Crippen LogP contribution in [0, 0.1) is 0 Å². The van der Waals surface area contributed by atoms with Crippen molar-refractivity contribution in [3.05, 3.63) is 23.7 Å². The molecule has 2 heterocycles. The number of hydrogen-bond donors (Lipinski definition) is 1. The Morgan fingerprint density at radius 1 is 1.67 bits per heavy atom. The molecule has 1 aliphatic rings. The Kier molecular flexibility index (Phi) is 1.53. The standard InChI is InChI=1S/C8H9NO3/c10-8(11)9-3-1-6-2-4-12-7(6)5-9/h2,4H,1,3,5H2,(H,10,11). The third kappa shape index (κ3) is 1.05. The van der Waals surface area contributed by atoms with E-state index in [2.05, 4.69) is 0 Å². The van der Waals surface area contributed by atoms with E-state index >= 15 is 0 Å². The average molecular weight is 167 g/mol. The van der Waals surface area contributed by atoms with Crippen LogP contribution in [0.1, 0.15) is 11.3 Å². The zero-order chi connectivity index (χ0) is 8.55. The zero-order valence-electron chi connectivity index (χ0n) is 6.49. The summed E-state index contributed by atoms with van der Waals surface area (Å²) in [5, 5.41) is 8.69. The minimum absolute atomic E-state index is 0.387. The molecule has 4 nitrogen and oxygen atoms in total. The van der Waals surface area contributed by atoms with E-state index < -0.39 is 6.09 Å². The summed E-state index contributed by atoms with van der Waals surface area (Å²) in [5.41, 5.74) is 1.13. The van der Waals surface area contributed by atoms with E-state index in [1.165, 1.54) is 4.90 Å². The van der Waals surface area contributed by atoms with E-state index in [1.54, 1.807) is 6.26 Å². The highest BCUT2D eigenvalue weighted by Gasteiger charge is 2.21. The van der Waals surface area contributed by atoms with Gasteiger partial charge in [-0.3, -0.25) is 0 Å². The molecule has 12 heavy (non-hydrogen) atoms. The van der Waals surface area contributed by atoms with Gasteiger partial charge in [-0.2, -0.15) is 0 Å². The topological polar surface area (TPSA) is 53.7 Å². The van der Waals surface area contributed by atoms with Gasteiger partial charge in [0.1, 0.15) is 5.76 Å². The van der Waals surface area contributed by atoms with Gasteiger partial charge in [0.05, 0.1) is 12.8 Å². The van der Waals surface area contributed by atoms with Crippen LogP contribution in [0.4, 0.5) is 4.79 Å². The van der Waals surface area contributed by atoms with Crippen LogP contribution in [0.15, 0.2) is 16.7 Å². The predicted molar refractivity (Wildman–Crippen MR) is 40.8 cm³/mol. The lowest BCUT2D eigenvalue weighted by Gasteiger charge is -2.22. The van der Waals surface area contributed by atoms with Gasteiger partial charge < -0.3 is 14.4 Å². The minimum Gasteiger partial charge on any atom is -0.467 e. The summed E-state index contributed by atoms with van der Waals surface area (Å²) >= 11 is 0. The van der Waals surface area contributed by atoms with Crippen LogP contribution >= 0.6 is 0 Å². The SMILES string of the molecule is O=C(O)N1CCc2ccoc2C1. The largest absolute Gasteiger partial charge is 0.467 e. The first-order valence-corrected chi connectivity index (χ1v) is 3.80. The number of amides is 1. The smallest absolute Gasteiger partial charge is 0.407 e. The van der Waals surface area contributed by atoms with E-state index in [1.807, 2.05) is 6.07 Å². The Balaban J connectivity index is 2.20. The molecular formula is C8H9NO3. The molecule has 1 N–H and O–H groups in total. The summed E-state index contributed by atoms with van der Waals surface area (Å²) in [6.07, 6.45) is 1.49. The van der Waals surface area contributed by atoms with Crippen molar-refractivity contribution in [3.8, 4) is 0 Å². The summed E-state index contributed by atoms with van der Waals surface area (Å²) < 4.78 is 5.13. The third-order valence-corrected chi connectivity index (χ3v) is 2.09. The van der Waals surface area contributed by atoms with Gasteiger partial charge in [-0.25, -0.2) is 4.79 Å². The molecule has 0 bridgehead atoms. The zero-order valence-corrected chi connectivity index (χ0v) is 6.49. The number of nitrogens with zero attached hydrogens (tertiary/aromatic N) is 1. The van der Waals surface area contributed by atoms with Crippen LogP contribution in [0.5, 0.6) is 0 Å². The number of rotatable bonds is 0. The number of carboxylic acid groups (broad SMARTS) is 1. The van der Waals surface area contributed by atoms with E-state index in [0.29, 0.717) is 13.1 Å². The Hall–Kier alpha value is -1.45. The number of furan rings is 1. The maximum absolute atomic E-state index is 10.6. The lowest BCUT2D eigenvalue weighted by atomic mass is 10.1. The first-order valence-electron chi connectivity index (χ1n) is 3.80. The van der Waals surface area contributed by atoms with E-state index in [0.717, 1.165) is 17.7 Å². The van der Waals surface area contributed by atoms with E-state index in [-0.39, 0.29) is 0 Å². The molecule has 0 saturated carbocycles. The highest BCUT2D eigenvalue weighted by molar-refractivity contribution is 5.65. The van der Waals surface area contributed by atoms with Crippen molar-refractivity contribution in [2.24, 2.45) is 0 Å². The molecule has 2 rings (SSSR count). The molecule has 0 saturated heterocycles. The highest BCUT2D eigenvalue weighted by atomic mass is 16.4. The summed E-state index contributed by atoms with van der Waals surface area (Å²) in [6, 6.07) is 1.90. The molecule has 0 unspecified atom stereocenters. The molecule has 1 aromatic heterocycles. The van der Waals surface area contributed by atoms with Gasteiger partial charge >= 0.3 is 6.09 Å². The quantitative estimate of drug-likeness (QED) is 0.633. The second kappa shape index (κ2) is 2.55. The molecule has 0 aromatic carbocycles. The predicted octanol–water partition coefficient (Wildman–Crippen LogP) is 1.32. The first-order chi connectivity index (χ1) is 5.77. The van der Waals surface area contributed by atoms with Gasteiger partial charge in [0.25, 0.3) is 0 Å². The molecule has 64 valence electrons. The maximum Gasteiger partial charge on any atom is 0.407 e. The maximum atomic E-state index is 10.6. The number of carbonyl (C=O) groups is 1. The van der Waals surface area contributed by atoms with E-state index in [4.69, 9.17) is 9.52 Å². The summed E-state index contributed by atoms with van der Waals surface area (Å²) in [4.78, 5) is 11.9. The third-order valence-electron chi connectivity index (χ3n) is 2.09. The number of hydrogen-bond acceptors (Lipinski definition) is 2. The molecule has 0 atom stereocenters. The van der Waals surface area contributed by atoms with E-state index in [9.17, 15) is 4.79 Å². The van der Waals surface area contributed by atoms with Crippen molar-refractivity contribution >= 4 is 6.09 Å².